The third-order valence-corrected chi connectivity index (χ3v) is 3.79. The summed E-state index contributed by atoms with van der Waals surface area (Å²) in [7, 11) is 0. The van der Waals surface area contributed by atoms with Gasteiger partial charge in [0.1, 0.15) is 5.75 Å². The Morgan fingerprint density at radius 2 is 2.25 bits per heavy atom. The average Bonchev–Trinajstić information content (AvgIpc) is 2.47. The lowest BCUT2D eigenvalue weighted by molar-refractivity contribution is 0.304. The zero-order valence-corrected chi connectivity index (χ0v) is 12.6. The number of unbranched alkanes of at least 4 members (excludes halogenated alkanes) is 3. The van der Waals surface area contributed by atoms with Crippen LogP contribution in [-0.4, -0.2) is 30.7 Å². The topological polar surface area (TPSA) is 51.4 Å². The molecule has 0 aromatic carbocycles. The summed E-state index contributed by atoms with van der Waals surface area (Å²) in [4.78, 5) is 6.60. The molecular weight excluding hydrogens is 250 g/mol. The molecule has 2 heterocycles. The van der Waals surface area contributed by atoms with E-state index in [4.69, 9.17) is 10.5 Å². The summed E-state index contributed by atoms with van der Waals surface area (Å²) in [6, 6.07) is 2.37. The molecule has 20 heavy (non-hydrogen) atoms. The van der Waals surface area contributed by atoms with Crippen molar-refractivity contribution in [2.24, 2.45) is 5.73 Å². The van der Waals surface area contributed by atoms with Crippen LogP contribution in [0.4, 0.5) is 5.69 Å². The van der Waals surface area contributed by atoms with Crippen molar-refractivity contribution >= 4 is 5.69 Å². The maximum Gasteiger partial charge on any atom is 0.139 e. The van der Waals surface area contributed by atoms with Gasteiger partial charge in [0.15, 0.2) is 0 Å². The highest BCUT2D eigenvalue weighted by Crippen LogP contribution is 2.22. The Labute approximate surface area is 122 Å². The lowest BCUT2D eigenvalue weighted by atomic mass is 10.1. The molecule has 0 spiro atoms. The summed E-state index contributed by atoms with van der Waals surface area (Å²) in [5.41, 5.74) is 7.16. The smallest absolute Gasteiger partial charge is 0.139 e. The number of hydrogen-bond acceptors (Lipinski definition) is 4. The van der Waals surface area contributed by atoms with E-state index in [1.54, 1.807) is 6.20 Å². The van der Waals surface area contributed by atoms with Crippen molar-refractivity contribution in [2.45, 2.75) is 51.5 Å². The van der Waals surface area contributed by atoms with Gasteiger partial charge in [-0.05, 0) is 19.3 Å². The molecule has 2 rings (SSSR count). The maximum absolute atomic E-state index is 6.03. The molecule has 0 amide bonds. The maximum atomic E-state index is 6.03. The summed E-state index contributed by atoms with van der Waals surface area (Å²) in [5, 5.41) is 0. The first-order valence-corrected chi connectivity index (χ1v) is 7.88. The van der Waals surface area contributed by atoms with Gasteiger partial charge >= 0.3 is 0 Å². The highest BCUT2D eigenvalue weighted by Gasteiger charge is 2.17. The van der Waals surface area contributed by atoms with E-state index in [1.807, 2.05) is 6.20 Å². The molecule has 4 heteroatoms. The van der Waals surface area contributed by atoms with Crippen molar-refractivity contribution in [1.82, 2.24) is 4.98 Å². The van der Waals surface area contributed by atoms with Gasteiger partial charge in [-0.15, -0.1) is 0 Å². The Balaban J connectivity index is 1.84. The van der Waals surface area contributed by atoms with Crippen molar-refractivity contribution in [3.05, 3.63) is 18.5 Å². The molecule has 0 radical (unpaired) electrons. The van der Waals surface area contributed by atoms with E-state index >= 15 is 0 Å². The molecule has 1 aromatic heterocycles. The molecule has 4 nitrogen and oxygen atoms in total. The van der Waals surface area contributed by atoms with Gasteiger partial charge in [0, 0.05) is 25.2 Å². The van der Waals surface area contributed by atoms with E-state index in [0.29, 0.717) is 0 Å². The zero-order chi connectivity index (χ0) is 14.2. The number of nitrogens with two attached hydrogens (primary N) is 1. The third-order valence-electron chi connectivity index (χ3n) is 3.79. The molecule has 0 saturated carbocycles. The minimum atomic E-state index is 0.280. The summed E-state index contributed by atoms with van der Waals surface area (Å²) in [5.74, 6) is 0.873. The van der Waals surface area contributed by atoms with Gasteiger partial charge in [0.05, 0.1) is 24.7 Å². The Hall–Kier alpha value is -1.29. The van der Waals surface area contributed by atoms with Crippen LogP contribution in [0, 0.1) is 0 Å². The van der Waals surface area contributed by atoms with Crippen molar-refractivity contribution in [1.29, 1.82) is 0 Å². The molecular formula is C16H27N3O. The third kappa shape index (κ3) is 4.67. The number of pyridine rings is 1. The predicted octanol–water partition coefficient (Wildman–Crippen LogP) is 2.97. The van der Waals surface area contributed by atoms with Gasteiger partial charge < -0.3 is 15.4 Å². The number of hydrogen-bond donors (Lipinski definition) is 1. The minimum absolute atomic E-state index is 0.280. The van der Waals surface area contributed by atoms with Crippen LogP contribution >= 0.6 is 0 Å². The number of ether oxygens (including phenoxy) is 1. The van der Waals surface area contributed by atoms with Crippen LogP contribution in [-0.2, 0) is 0 Å². The lowest BCUT2D eigenvalue weighted by Gasteiger charge is -2.32. The lowest BCUT2D eigenvalue weighted by Crippen LogP contribution is -2.42. The monoisotopic (exact) mass is 277 g/mol. The second-order valence-electron chi connectivity index (χ2n) is 5.64. The fraction of sp³-hybridized carbons (Fsp3) is 0.688. The van der Waals surface area contributed by atoms with E-state index in [9.17, 15) is 0 Å². The number of rotatable bonds is 7. The van der Waals surface area contributed by atoms with Crippen LogP contribution in [0.15, 0.2) is 18.5 Å². The predicted molar refractivity (Wildman–Crippen MR) is 83.3 cm³/mol. The molecule has 1 atom stereocenters. The first-order valence-electron chi connectivity index (χ1n) is 7.88. The van der Waals surface area contributed by atoms with Crippen LogP contribution in [0.5, 0.6) is 5.75 Å². The van der Waals surface area contributed by atoms with Crippen LogP contribution < -0.4 is 15.4 Å². The first kappa shape index (κ1) is 15.1. The van der Waals surface area contributed by atoms with E-state index in [-0.39, 0.29) is 6.04 Å². The van der Waals surface area contributed by atoms with Gasteiger partial charge in [0.25, 0.3) is 0 Å². The summed E-state index contributed by atoms with van der Waals surface area (Å²) in [6.07, 6.45) is 10.9. The Morgan fingerprint density at radius 1 is 1.35 bits per heavy atom. The number of nitrogens with zero attached hydrogens (tertiary/aromatic N) is 2. The standard InChI is InChI=1S/C16H27N3O/c1-2-3-4-5-9-20-16-10-15(11-18-12-16)19-8-6-7-14(17)13-19/h10-12,14H,2-9,13,17H2,1H3. The number of anilines is 1. The fourth-order valence-corrected chi connectivity index (χ4v) is 2.62. The molecule has 1 fully saturated rings. The van der Waals surface area contributed by atoms with E-state index in [2.05, 4.69) is 22.9 Å². The van der Waals surface area contributed by atoms with E-state index in [0.717, 1.165) is 50.4 Å². The van der Waals surface area contributed by atoms with Crippen molar-refractivity contribution in [3.63, 3.8) is 0 Å². The molecule has 0 bridgehead atoms. The molecule has 1 aromatic rings. The second-order valence-corrected chi connectivity index (χ2v) is 5.64. The minimum Gasteiger partial charge on any atom is -0.492 e. The molecule has 1 saturated heterocycles. The fourth-order valence-electron chi connectivity index (χ4n) is 2.62. The van der Waals surface area contributed by atoms with Crippen molar-refractivity contribution < 1.29 is 4.74 Å². The van der Waals surface area contributed by atoms with Gasteiger partial charge in [0.2, 0.25) is 0 Å². The van der Waals surface area contributed by atoms with Crippen LogP contribution in [0.25, 0.3) is 0 Å². The van der Waals surface area contributed by atoms with Gasteiger partial charge in [-0.3, -0.25) is 4.98 Å². The van der Waals surface area contributed by atoms with Gasteiger partial charge in [-0.2, -0.15) is 0 Å². The van der Waals surface area contributed by atoms with Crippen LogP contribution in [0.2, 0.25) is 0 Å². The molecule has 0 aliphatic carbocycles. The highest BCUT2D eigenvalue weighted by atomic mass is 16.5. The molecule has 112 valence electrons. The van der Waals surface area contributed by atoms with Crippen LogP contribution in [0.1, 0.15) is 45.4 Å². The molecule has 2 N–H and O–H groups in total. The summed E-state index contributed by atoms with van der Waals surface area (Å²) in [6.45, 7) is 4.99. The summed E-state index contributed by atoms with van der Waals surface area (Å²) < 4.78 is 5.79. The van der Waals surface area contributed by atoms with E-state index in [1.165, 1.54) is 19.3 Å². The zero-order valence-electron chi connectivity index (χ0n) is 12.6. The quantitative estimate of drug-likeness (QED) is 0.779. The Kier molecular flexibility index (Phi) is 6.12. The average molecular weight is 277 g/mol. The normalized spacial score (nSPS) is 19.1. The van der Waals surface area contributed by atoms with Crippen molar-refractivity contribution in [3.8, 4) is 5.75 Å². The number of aromatic nitrogens is 1. The highest BCUT2D eigenvalue weighted by molar-refractivity contribution is 5.48. The Bertz CT molecular complexity index is 397. The SMILES string of the molecule is CCCCCCOc1cncc(N2CCCC(N)C2)c1. The van der Waals surface area contributed by atoms with Gasteiger partial charge in [-0.25, -0.2) is 0 Å². The first-order chi connectivity index (χ1) is 9.79. The van der Waals surface area contributed by atoms with Gasteiger partial charge in [-0.1, -0.05) is 26.2 Å². The summed E-state index contributed by atoms with van der Waals surface area (Å²) >= 11 is 0. The molecule has 1 aliphatic heterocycles. The Morgan fingerprint density at radius 3 is 3.05 bits per heavy atom. The van der Waals surface area contributed by atoms with Crippen molar-refractivity contribution in [2.75, 3.05) is 24.6 Å². The number of piperidine rings is 1. The second kappa shape index (κ2) is 8.10. The largest absolute Gasteiger partial charge is 0.492 e. The molecule has 1 unspecified atom stereocenters. The van der Waals surface area contributed by atoms with E-state index < -0.39 is 0 Å². The molecule has 1 aliphatic rings. The van der Waals surface area contributed by atoms with Crippen LogP contribution in [0.3, 0.4) is 0 Å².